The normalized spacial score (nSPS) is 16.3. The average Bonchev–Trinajstić information content (AvgIpc) is 3.52. The van der Waals surface area contributed by atoms with Gasteiger partial charge < -0.3 is 9.64 Å². The summed E-state index contributed by atoms with van der Waals surface area (Å²) >= 11 is 1.76. The number of hydrogen-bond donors (Lipinski definition) is 0. The molecule has 0 aromatic heterocycles. The van der Waals surface area contributed by atoms with Crippen LogP contribution >= 0.6 is 11.8 Å². The molecule has 270 valence electrons. The standard InChI is InChI=1S/C43H42F4N2O2S/c1-42(2,3)51-41(50)49-29-38(52-43(32-13-7-4-8-14-32,33-15-9-5-10-16-33)34-17-11-6-12-18-34)25-37(49)28-48(26-30-23-35(44)19-21-39(30)46)27-31-24-36(45)20-22-40(31)47/h4-24,37-38H,25-29H2,1-3H3/t37-,38+/m0/s1. The molecule has 4 nitrogen and oxygen atoms in total. The number of amides is 1. The van der Waals surface area contributed by atoms with Crippen molar-refractivity contribution in [2.24, 2.45) is 0 Å². The van der Waals surface area contributed by atoms with Crippen LogP contribution in [0.3, 0.4) is 0 Å². The fourth-order valence-corrected chi connectivity index (χ4v) is 8.81. The van der Waals surface area contributed by atoms with E-state index in [1.165, 1.54) is 0 Å². The molecule has 1 aliphatic heterocycles. The van der Waals surface area contributed by atoms with Gasteiger partial charge >= 0.3 is 6.09 Å². The molecule has 0 saturated carbocycles. The van der Waals surface area contributed by atoms with Crippen molar-refractivity contribution in [2.45, 2.75) is 61.9 Å². The minimum Gasteiger partial charge on any atom is -0.444 e. The van der Waals surface area contributed by atoms with Crippen molar-refractivity contribution in [1.29, 1.82) is 0 Å². The van der Waals surface area contributed by atoms with Gasteiger partial charge in [0.05, 0.1) is 4.75 Å². The summed E-state index contributed by atoms with van der Waals surface area (Å²) < 4.78 is 64.0. The minimum atomic E-state index is -0.774. The van der Waals surface area contributed by atoms with E-state index in [2.05, 4.69) is 36.4 Å². The van der Waals surface area contributed by atoms with Crippen molar-refractivity contribution in [3.8, 4) is 0 Å². The number of ether oxygens (including phenoxy) is 1. The zero-order valence-electron chi connectivity index (χ0n) is 29.4. The first-order valence-electron chi connectivity index (χ1n) is 17.4. The first kappa shape index (κ1) is 37.2. The van der Waals surface area contributed by atoms with E-state index in [9.17, 15) is 13.6 Å². The molecular formula is C43H42F4N2O2S. The Hall–Kier alpha value is -4.60. The van der Waals surface area contributed by atoms with Gasteiger partial charge in [0.2, 0.25) is 0 Å². The van der Waals surface area contributed by atoms with Crippen molar-refractivity contribution >= 4 is 17.9 Å². The number of hydrogen-bond acceptors (Lipinski definition) is 4. The number of thioether (sulfide) groups is 1. The highest BCUT2D eigenvalue weighted by Gasteiger charge is 2.45. The van der Waals surface area contributed by atoms with Gasteiger partial charge in [0, 0.05) is 48.6 Å². The van der Waals surface area contributed by atoms with Crippen molar-refractivity contribution in [3.63, 3.8) is 0 Å². The maximum Gasteiger partial charge on any atom is 0.410 e. The van der Waals surface area contributed by atoms with Gasteiger partial charge in [-0.1, -0.05) is 91.0 Å². The van der Waals surface area contributed by atoms with Crippen molar-refractivity contribution in [2.75, 3.05) is 13.1 Å². The van der Waals surface area contributed by atoms with E-state index in [-0.39, 0.29) is 36.0 Å². The zero-order chi connectivity index (χ0) is 36.9. The van der Waals surface area contributed by atoms with Crippen LogP contribution in [0.2, 0.25) is 0 Å². The predicted octanol–water partition coefficient (Wildman–Crippen LogP) is 10.3. The van der Waals surface area contributed by atoms with Gasteiger partial charge in [-0.05, 0) is 80.3 Å². The Bertz CT molecular complexity index is 1810. The fraction of sp³-hybridized carbons (Fsp3) is 0.279. The molecule has 1 saturated heterocycles. The van der Waals surface area contributed by atoms with Crippen LogP contribution in [0.5, 0.6) is 0 Å². The summed E-state index contributed by atoms with van der Waals surface area (Å²) in [5.74, 6) is -2.46. The molecule has 0 N–H and O–H groups in total. The SMILES string of the molecule is CC(C)(C)OC(=O)N1C[C@H](SC(c2ccccc2)(c2ccccc2)c2ccccc2)C[C@H]1CN(Cc1cc(F)ccc1F)Cc1cc(F)ccc1F. The molecular weight excluding hydrogens is 685 g/mol. The molecule has 0 radical (unpaired) electrons. The van der Waals surface area contributed by atoms with Crippen molar-refractivity contribution < 1.29 is 27.1 Å². The van der Waals surface area contributed by atoms with E-state index >= 15 is 8.78 Å². The van der Waals surface area contributed by atoms with Crippen LogP contribution in [0, 0.1) is 23.3 Å². The van der Waals surface area contributed by atoms with Crippen molar-refractivity contribution in [1.82, 2.24) is 9.80 Å². The van der Waals surface area contributed by atoms with Gasteiger partial charge in [0.15, 0.2) is 0 Å². The summed E-state index contributed by atoms with van der Waals surface area (Å²) in [6, 6.07) is 36.8. The highest BCUT2D eigenvalue weighted by atomic mass is 32.2. The molecule has 1 fully saturated rings. The summed E-state index contributed by atoms with van der Waals surface area (Å²) in [5, 5.41) is -0.114. The van der Waals surface area contributed by atoms with Gasteiger partial charge in [-0.25, -0.2) is 22.4 Å². The third kappa shape index (κ3) is 8.70. The summed E-state index contributed by atoms with van der Waals surface area (Å²) in [5.41, 5.74) is 2.60. The van der Waals surface area contributed by atoms with Gasteiger partial charge in [-0.15, -0.1) is 11.8 Å². The molecule has 9 heteroatoms. The lowest BCUT2D eigenvalue weighted by atomic mass is 9.84. The lowest BCUT2D eigenvalue weighted by molar-refractivity contribution is 0.0190. The quantitative estimate of drug-likeness (QED) is 0.100. The van der Waals surface area contributed by atoms with E-state index in [1.54, 1.807) is 42.3 Å². The number of benzene rings is 5. The molecule has 0 unspecified atom stereocenters. The third-order valence-corrected chi connectivity index (χ3v) is 10.9. The Kier molecular flexibility index (Phi) is 11.4. The number of halogens is 4. The van der Waals surface area contributed by atoms with E-state index < -0.39 is 45.8 Å². The van der Waals surface area contributed by atoms with E-state index in [0.29, 0.717) is 13.0 Å². The van der Waals surface area contributed by atoms with E-state index in [1.807, 2.05) is 54.6 Å². The van der Waals surface area contributed by atoms with Crippen LogP contribution in [0.15, 0.2) is 127 Å². The first-order chi connectivity index (χ1) is 24.9. The second-order valence-electron chi connectivity index (χ2n) is 14.2. The van der Waals surface area contributed by atoms with E-state index in [0.717, 1.165) is 53.1 Å². The highest BCUT2D eigenvalue weighted by molar-refractivity contribution is 8.01. The Labute approximate surface area is 307 Å². The number of nitrogens with zero attached hydrogens (tertiary/aromatic N) is 2. The molecule has 52 heavy (non-hydrogen) atoms. The molecule has 5 aromatic carbocycles. The van der Waals surface area contributed by atoms with Crippen LogP contribution in [0.1, 0.15) is 55.0 Å². The number of rotatable bonds is 11. The van der Waals surface area contributed by atoms with Crippen LogP contribution in [-0.4, -0.2) is 45.9 Å². The summed E-state index contributed by atoms with van der Waals surface area (Å²) in [6.45, 7) is 5.72. The number of carbonyl (C=O) groups excluding carboxylic acids is 1. The van der Waals surface area contributed by atoms with Crippen molar-refractivity contribution in [3.05, 3.63) is 178 Å². The largest absolute Gasteiger partial charge is 0.444 e. The van der Waals surface area contributed by atoms with Crippen LogP contribution < -0.4 is 0 Å². The Morgan fingerprint density at radius 3 is 1.58 bits per heavy atom. The molecule has 0 bridgehead atoms. The van der Waals surface area contributed by atoms with Gasteiger partial charge in [0.25, 0.3) is 0 Å². The Morgan fingerprint density at radius 1 is 0.712 bits per heavy atom. The number of carbonyl (C=O) groups is 1. The summed E-state index contributed by atoms with van der Waals surface area (Å²) in [7, 11) is 0. The minimum absolute atomic E-state index is 0.0702. The topological polar surface area (TPSA) is 32.8 Å². The monoisotopic (exact) mass is 726 g/mol. The van der Waals surface area contributed by atoms with E-state index in [4.69, 9.17) is 4.74 Å². The molecule has 0 aliphatic carbocycles. The van der Waals surface area contributed by atoms with Gasteiger partial charge in [-0.3, -0.25) is 4.90 Å². The highest BCUT2D eigenvalue weighted by Crippen LogP contribution is 2.52. The zero-order valence-corrected chi connectivity index (χ0v) is 30.3. The molecule has 2 atom stereocenters. The molecule has 0 spiro atoms. The lowest BCUT2D eigenvalue weighted by Crippen LogP contribution is -2.45. The maximum absolute atomic E-state index is 15.0. The second kappa shape index (κ2) is 16.0. The predicted molar refractivity (Wildman–Crippen MR) is 199 cm³/mol. The molecule has 1 heterocycles. The molecule has 1 aliphatic rings. The summed E-state index contributed by atoms with van der Waals surface area (Å²) in [6.07, 6.45) is 0.0190. The van der Waals surface area contributed by atoms with Crippen LogP contribution in [0.4, 0.5) is 22.4 Å². The fourth-order valence-electron chi connectivity index (χ4n) is 6.94. The maximum atomic E-state index is 15.0. The Balaban J connectivity index is 1.40. The Morgan fingerprint density at radius 2 is 1.15 bits per heavy atom. The van der Waals surface area contributed by atoms with Crippen LogP contribution in [0.25, 0.3) is 0 Å². The second-order valence-corrected chi connectivity index (χ2v) is 15.7. The molecule has 6 rings (SSSR count). The molecule has 5 aromatic rings. The third-order valence-electron chi connectivity index (χ3n) is 9.16. The summed E-state index contributed by atoms with van der Waals surface area (Å²) in [4.78, 5) is 17.4. The average molecular weight is 727 g/mol. The van der Waals surface area contributed by atoms with Gasteiger partial charge in [0.1, 0.15) is 28.9 Å². The van der Waals surface area contributed by atoms with Crippen LogP contribution in [-0.2, 0) is 22.6 Å². The smallest absolute Gasteiger partial charge is 0.410 e. The van der Waals surface area contributed by atoms with Gasteiger partial charge in [-0.2, -0.15) is 0 Å². The molecule has 1 amide bonds. The lowest BCUT2D eigenvalue weighted by Gasteiger charge is -2.37. The first-order valence-corrected chi connectivity index (χ1v) is 18.2. The number of likely N-dealkylation sites (tertiary alicyclic amines) is 1.